The molecule has 0 unspecified atom stereocenters. The Labute approximate surface area is 110 Å². The number of nitrogen functional groups attached to an aromatic ring is 1. The average molecular weight is 265 g/mol. The van der Waals surface area contributed by atoms with Gasteiger partial charge in [-0.3, -0.25) is 0 Å². The fourth-order valence-electron chi connectivity index (χ4n) is 1.69. The topological polar surface area (TPSA) is 57.4 Å². The van der Waals surface area contributed by atoms with E-state index in [0.717, 1.165) is 11.1 Å². The number of pyridine rings is 1. The molecule has 0 radical (unpaired) electrons. The molecule has 94 valence electrons. The van der Waals surface area contributed by atoms with E-state index < -0.39 is 0 Å². The van der Waals surface area contributed by atoms with Crippen molar-refractivity contribution < 1.29 is 9.47 Å². The van der Waals surface area contributed by atoms with Crippen LogP contribution in [0, 0.1) is 0 Å². The van der Waals surface area contributed by atoms with Gasteiger partial charge < -0.3 is 15.2 Å². The Morgan fingerprint density at radius 1 is 1.11 bits per heavy atom. The second kappa shape index (κ2) is 5.14. The van der Waals surface area contributed by atoms with Gasteiger partial charge in [0, 0.05) is 23.4 Å². The van der Waals surface area contributed by atoms with E-state index in [1.807, 2.05) is 12.1 Å². The lowest BCUT2D eigenvalue weighted by atomic mass is 10.1. The molecular formula is C13H13ClN2O2. The van der Waals surface area contributed by atoms with Crippen LogP contribution in [-0.2, 0) is 0 Å². The second-order valence-electron chi connectivity index (χ2n) is 3.65. The van der Waals surface area contributed by atoms with Crippen molar-refractivity contribution in [3.05, 3.63) is 35.5 Å². The zero-order chi connectivity index (χ0) is 13.1. The number of benzene rings is 1. The standard InChI is InChI=1S/C13H13ClN2O2/c1-17-9-3-4-10(12(6-9)18-2)11-5-8(14)7-16-13(11)15/h3-7H,1-2H3,(H2,15,16). The van der Waals surface area contributed by atoms with Gasteiger partial charge in [-0.2, -0.15) is 0 Å². The molecule has 1 aromatic carbocycles. The van der Waals surface area contributed by atoms with Crippen LogP contribution < -0.4 is 15.2 Å². The van der Waals surface area contributed by atoms with Crippen molar-refractivity contribution in [2.75, 3.05) is 20.0 Å². The normalized spacial score (nSPS) is 10.2. The van der Waals surface area contributed by atoms with E-state index in [1.165, 1.54) is 6.20 Å². The number of nitrogens with two attached hydrogens (primary N) is 1. The number of halogens is 1. The van der Waals surface area contributed by atoms with Gasteiger partial charge in [0.25, 0.3) is 0 Å². The van der Waals surface area contributed by atoms with E-state index in [4.69, 9.17) is 26.8 Å². The summed E-state index contributed by atoms with van der Waals surface area (Å²) in [5, 5.41) is 0.525. The number of nitrogens with zero attached hydrogens (tertiary/aromatic N) is 1. The quantitative estimate of drug-likeness (QED) is 0.926. The molecular weight excluding hydrogens is 252 g/mol. The highest BCUT2D eigenvalue weighted by Gasteiger charge is 2.11. The number of hydrogen-bond donors (Lipinski definition) is 1. The van der Waals surface area contributed by atoms with Crippen LogP contribution in [0.4, 0.5) is 5.82 Å². The van der Waals surface area contributed by atoms with Crippen LogP contribution in [0.2, 0.25) is 5.02 Å². The van der Waals surface area contributed by atoms with E-state index in [2.05, 4.69) is 4.98 Å². The Balaban J connectivity index is 2.59. The molecule has 1 heterocycles. The summed E-state index contributed by atoms with van der Waals surface area (Å²) in [7, 11) is 3.19. The molecule has 2 aromatic rings. The third kappa shape index (κ3) is 2.33. The Morgan fingerprint density at radius 2 is 1.89 bits per heavy atom. The summed E-state index contributed by atoms with van der Waals surface area (Å²) in [6.45, 7) is 0. The van der Waals surface area contributed by atoms with Gasteiger partial charge in [-0.25, -0.2) is 4.98 Å². The van der Waals surface area contributed by atoms with Gasteiger partial charge in [0.2, 0.25) is 0 Å². The first kappa shape index (κ1) is 12.5. The smallest absolute Gasteiger partial charge is 0.131 e. The lowest BCUT2D eigenvalue weighted by Crippen LogP contribution is -1.96. The molecule has 0 bridgehead atoms. The van der Waals surface area contributed by atoms with Crippen molar-refractivity contribution in [2.24, 2.45) is 0 Å². The predicted molar refractivity (Wildman–Crippen MR) is 72.2 cm³/mol. The lowest BCUT2D eigenvalue weighted by Gasteiger charge is -2.12. The first-order valence-corrected chi connectivity index (χ1v) is 5.67. The van der Waals surface area contributed by atoms with Crippen LogP contribution in [0.5, 0.6) is 11.5 Å². The number of aromatic nitrogens is 1. The fraction of sp³-hybridized carbons (Fsp3) is 0.154. The molecule has 0 spiro atoms. The molecule has 1 aromatic heterocycles. The van der Waals surface area contributed by atoms with Gasteiger partial charge >= 0.3 is 0 Å². The molecule has 0 atom stereocenters. The van der Waals surface area contributed by atoms with Gasteiger partial charge in [-0.05, 0) is 18.2 Å². The summed E-state index contributed by atoms with van der Waals surface area (Å²) in [4.78, 5) is 4.03. The van der Waals surface area contributed by atoms with E-state index in [0.29, 0.717) is 22.3 Å². The van der Waals surface area contributed by atoms with E-state index in [-0.39, 0.29) is 0 Å². The van der Waals surface area contributed by atoms with Gasteiger partial charge in [0.1, 0.15) is 17.3 Å². The maximum Gasteiger partial charge on any atom is 0.131 e. The number of methoxy groups -OCH3 is 2. The minimum Gasteiger partial charge on any atom is -0.497 e. The van der Waals surface area contributed by atoms with Crippen LogP contribution in [0.3, 0.4) is 0 Å². The molecule has 2 N–H and O–H groups in total. The molecule has 2 rings (SSSR count). The largest absolute Gasteiger partial charge is 0.497 e. The molecule has 0 saturated heterocycles. The van der Waals surface area contributed by atoms with E-state index in [9.17, 15) is 0 Å². The Kier molecular flexibility index (Phi) is 3.58. The summed E-state index contributed by atoms with van der Waals surface area (Å²) in [5.41, 5.74) is 7.42. The first-order chi connectivity index (χ1) is 8.65. The van der Waals surface area contributed by atoms with Crippen LogP contribution in [0.15, 0.2) is 30.5 Å². The van der Waals surface area contributed by atoms with Crippen molar-refractivity contribution in [2.45, 2.75) is 0 Å². The lowest BCUT2D eigenvalue weighted by molar-refractivity contribution is 0.395. The highest BCUT2D eigenvalue weighted by Crippen LogP contribution is 2.36. The molecule has 18 heavy (non-hydrogen) atoms. The maximum absolute atomic E-state index is 5.94. The van der Waals surface area contributed by atoms with Gasteiger partial charge in [0.05, 0.1) is 19.2 Å². The van der Waals surface area contributed by atoms with Crippen LogP contribution in [0.25, 0.3) is 11.1 Å². The molecule has 0 aliphatic carbocycles. The number of rotatable bonds is 3. The summed E-state index contributed by atoms with van der Waals surface area (Å²) in [5.74, 6) is 1.78. The Hall–Kier alpha value is -1.94. The Bertz CT molecular complexity index is 573. The van der Waals surface area contributed by atoms with Crippen molar-refractivity contribution >= 4 is 17.4 Å². The summed E-state index contributed by atoms with van der Waals surface area (Å²) in [6, 6.07) is 7.24. The zero-order valence-electron chi connectivity index (χ0n) is 10.1. The molecule has 0 amide bonds. The van der Waals surface area contributed by atoms with Crippen LogP contribution in [-0.4, -0.2) is 19.2 Å². The SMILES string of the molecule is COc1ccc(-c2cc(Cl)cnc2N)c(OC)c1. The minimum atomic E-state index is 0.405. The van der Waals surface area contributed by atoms with Crippen molar-refractivity contribution in [3.8, 4) is 22.6 Å². The monoisotopic (exact) mass is 264 g/mol. The van der Waals surface area contributed by atoms with Gasteiger partial charge in [-0.1, -0.05) is 11.6 Å². The summed E-state index contributed by atoms with van der Waals surface area (Å²) in [6.07, 6.45) is 1.51. The van der Waals surface area contributed by atoms with Crippen molar-refractivity contribution in [1.29, 1.82) is 0 Å². The average Bonchev–Trinajstić information content (AvgIpc) is 2.41. The summed E-state index contributed by atoms with van der Waals surface area (Å²) < 4.78 is 10.5. The second-order valence-corrected chi connectivity index (χ2v) is 4.09. The van der Waals surface area contributed by atoms with Crippen molar-refractivity contribution in [3.63, 3.8) is 0 Å². The maximum atomic E-state index is 5.94. The number of anilines is 1. The van der Waals surface area contributed by atoms with Gasteiger partial charge in [0.15, 0.2) is 0 Å². The van der Waals surface area contributed by atoms with Crippen LogP contribution >= 0.6 is 11.6 Å². The number of hydrogen-bond acceptors (Lipinski definition) is 4. The summed E-state index contributed by atoms with van der Waals surface area (Å²) >= 11 is 5.94. The third-order valence-electron chi connectivity index (χ3n) is 2.58. The van der Waals surface area contributed by atoms with Gasteiger partial charge in [-0.15, -0.1) is 0 Å². The zero-order valence-corrected chi connectivity index (χ0v) is 10.9. The first-order valence-electron chi connectivity index (χ1n) is 5.29. The molecule has 0 aliphatic heterocycles. The number of ether oxygens (including phenoxy) is 2. The molecule has 0 aliphatic rings. The molecule has 0 fully saturated rings. The highest BCUT2D eigenvalue weighted by atomic mass is 35.5. The van der Waals surface area contributed by atoms with E-state index in [1.54, 1.807) is 26.4 Å². The fourth-order valence-corrected chi connectivity index (χ4v) is 1.84. The third-order valence-corrected chi connectivity index (χ3v) is 2.79. The predicted octanol–water partition coefficient (Wildman–Crippen LogP) is 3.00. The Morgan fingerprint density at radius 3 is 2.56 bits per heavy atom. The molecule has 5 heteroatoms. The minimum absolute atomic E-state index is 0.405. The van der Waals surface area contributed by atoms with Crippen LogP contribution in [0.1, 0.15) is 0 Å². The van der Waals surface area contributed by atoms with Crippen molar-refractivity contribution in [1.82, 2.24) is 4.98 Å². The molecule has 0 saturated carbocycles. The van der Waals surface area contributed by atoms with E-state index >= 15 is 0 Å². The highest BCUT2D eigenvalue weighted by molar-refractivity contribution is 6.30. The molecule has 4 nitrogen and oxygen atoms in total.